The molecule has 0 fully saturated rings. The van der Waals surface area contributed by atoms with Crippen molar-refractivity contribution in [2.75, 3.05) is 7.11 Å². The van der Waals surface area contributed by atoms with E-state index < -0.39 is 5.97 Å². The Morgan fingerprint density at radius 1 is 1.75 bits per heavy atom. The second-order valence-electron chi connectivity index (χ2n) is 2.05. The van der Waals surface area contributed by atoms with Crippen LogP contribution in [0.3, 0.4) is 0 Å². The van der Waals surface area contributed by atoms with E-state index in [9.17, 15) is 9.59 Å². The lowest BCUT2D eigenvalue weighted by molar-refractivity contribution is 0.0598. The highest BCUT2D eigenvalue weighted by atomic mass is 35.5. The molecule has 5 heteroatoms. The van der Waals surface area contributed by atoms with Crippen LogP contribution in [0.25, 0.3) is 0 Å². The van der Waals surface area contributed by atoms with Crippen LogP contribution in [0.2, 0.25) is 5.15 Å². The maximum absolute atomic E-state index is 10.9. The van der Waals surface area contributed by atoms with Gasteiger partial charge in [0.2, 0.25) is 0 Å². The van der Waals surface area contributed by atoms with Crippen LogP contribution in [0.5, 0.6) is 0 Å². The Hall–Kier alpha value is -1.29. The average molecular weight is 188 g/mol. The predicted molar refractivity (Wildman–Crippen MR) is 42.5 cm³/mol. The molecule has 0 amide bonds. The SMILES string of the molecule is COC(=O)c1cc(Cl)[nH]c1C=O. The first-order valence-corrected chi connectivity index (χ1v) is 3.49. The molecular weight excluding hydrogens is 182 g/mol. The van der Waals surface area contributed by atoms with Crippen molar-refractivity contribution >= 4 is 23.9 Å². The molecule has 4 nitrogen and oxygen atoms in total. The number of nitrogens with one attached hydrogen (secondary N) is 1. The third-order valence-electron chi connectivity index (χ3n) is 1.34. The van der Waals surface area contributed by atoms with Crippen molar-refractivity contribution in [1.82, 2.24) is 4.98 Å². The second kappa shape index (κ2) is 3.40. The molecule has 0 aliphatic carbocycles. The molecular formula is C7H6ClNO3. The number of hydrogen-bond acceptors (Lipinski definition) is 3. The minimum atomic E-state index is -0.583. The number of aromatic nitrogens is 1. The topological polar surface area (TPSA) is 59.2 Å². The first-order valence-electron chi connectivity index (χ1n) is 3.11. The number of halogens is 1. The van der Waals surface area contributed by atoms with Gasteiger partial charge in [0.15, 0.2) is 6.29 Å². The molecule has 1 heterocycles. The molecule has 0 unspecified atom stereocenters. The molecule has 1 aromatic rings. The number of carbonyl (C=O) groups excluding carboxylic acids is 2. The van der Waals surface area contributed by atoms with E-state index >= 15 is 0 Å². The van der Waals surface area contributed by atoms with Crippen LogP contribution in [-0.2, 0) is 4.74 Å². The van der Waals surface area contributed by atoms with Crippen LogP contribution < -0.4 is 0 Å². The van der Waals surface area contributed by atoms with E-state index in [-0.39, 0.29) is 16.4 Å². The van der Waals surface area contributed by atoms with Crippen LogP contribution in [0.15, 0.2) is 6.07 Å². The zero-order chi connectivity index (χ0) is 9.14. The summed E-state index contributed by atoms with van der Waals surface area (Å²) in [6.07, 6.45) is 0.512. The minimum Gasteiger partial charge on any atom is -0.465 e. The van der Waals surface area contributed by atoms with Gasteiger partial charge in [-0.05, 0) is 6.07 Å². The number of H-pyrrole nitrogens is 1. The van der Waals surface area contributed by atoms with Crippen molar-refractivity contribution in [3.8, 4) is 0 Å². The number of esters is 1. The van der Waals surface area contributed by atoms with Crippen molar-refractivity contribution in [1.29, 1.82) is 0 Å². The minimum absolute atomic E-state index is 0.131. The average Bonchev–Trinajstić information content (AvgIpc) is 2.45. The standard InChI is InChI=1S/C7H6ClNO3/c1-12-7(11)4-2-6(8)9-5(4)3-10/h2-3,9H,1H3. The van der Waals surface area contributed by atoms with Gasteiger partial charge in [-0.1, -0.05) is 11.6 Å². The Labute approximate surface area is 73.5 Å². The molecule has 1 aromatic heterocycles. The lowest BCUT2D eigenvalue weighted by Gasteiger charge is -1.94. The number of ether oxygens (including phenoxy) is 1. The molecule has 0 aromatic carbocycles. The summed E-state index contributed by atoms with van der Waals surface area (Å²) in [4.78, 5) is 23.8. The molecule has 0 aliphatic rings. The van der Waals surface area contributed by atoms with Gasteiger partial charge in [0, 0.05) is 0 Å². The summed E-state index contributed by atoms with van der Waals surface area (Å²) in [5.41, 5.74) is 0.282. The summed E-state index contributed by atoms with van der Waals surface area (Å²) in [5.74, 6) is -0.583. The van der Waals surface area contributed by atoms with Gasteiger partial charge >= 0.3 is 5.97 Å². The van der Waals surface area contributed by atoms with Gasteiger partial charge in [-0.2, -0.15) is 0 Å². The van der Waals surface area contributed by atoms with Crippen LogP contribution >= 0.6 is 11.6 Å². The number of carbonyl (C=O) groups is 2. The molecule has 0 saturated carbocycles. The maximum Gasteiger partial charge on any atom is 0.340 e. The van der Waals surface area contributed by atoms with Crippen LogP contribution in [-0.4, -0.2) is 24.3 Å². The van der Waals surface area contributed by atoms with E-state index in [1.807, 2.05) is 0 Å². The Morgan fingerprint density at radius 2 is 2.42 bits per heavy atom. The molecule has 12 heavy (non-hydrogen) atoms. The molecule has 0 radical (unpaired) electrons. The largest absolute Gasteiger partial charge is 0.465 e. The molecule has 0 bridgehead atoms. The van der Waals surface area contributed by atoms with E-state index in [0.717, 1.165) is 0 Å². The first kappa shape index (κ1) is 8.80. The van der Waals surface area contributed by atoms with Gasteiger partial charge in [-0.15, -0.1) is 0 Å². The van der Waals surface area contributed by atoms with Crippen molar-refractivity contribution in [3.63, 3.8) is 0 Å². The third-order valence-corrected chi connectivity index (χ3v) is 1.54. The number of rotatable bonds is 2. The predicted octanol–water partition coefficient (Wildman–Crippen LogP) is 1.27. The monoisotopic (exact) mass is 187 g/mol. The van der Waals surface area contributed by atoms with Gasteiger partial charge in [0.05, 0.1) is 18.4 Å². The fraction of sp³-hybridized carbons (Fsp3) is 0.143. The molecule has 0 spiro atoms. The number of methoxy groups -OCH3 is 1. The van der Waals surface area contributed by atoms with Gasteiger partial charge in [0.25, 0.3) is 0 Å². The lowest BCUT2D eigenvalue weighted by Crippen LogP contribution is -2.02. The zero-order valence-electron chi connectivity index (χ0n) is 6.26. The van der Waals surface area contributed by atoms with Crippen LogP contribution in [0, 0.1) is 0 Å². The van der Waals surface area contributed by atoms with Gasteiger partial charge < -0.3 is 9.72 Å². The molecule has 1 rings (SSSR count). The van der Waals surface area contributed by atoms with Crippen molar-refractivity contribution < 1.29 is 14.3 Å². The van der Waals surface area contributed by atoms with Gasteiger partial charge in [-0.3, -0.25) is 4.79 Å². The Bertz CT molecular complexity index is 318. The fourth-order valence-corrected chi connectivity index (χ4v) is 1.02. The summed E-state index contributed by atoms with van der Waals surface area (Å²) in [6, 6.07) is 1.34. The summed E-state index contributed by atoms with van der Waals surface area (Å²) in [7, 11) is 1.23. The summed E-state index contributed by atoms with van der Waals surface area (Å²) < 4.78 is 4.42. The molecule has 0 aliphatic heterocycles. The van der Waals surface area contributed by atoms with E-state index in [0.29, 0.717) is 6.29 Å². The van der Waals surface area contributed by atoms with Crippen molar-refractivity contribution in [3.05, 3.63) is 22.5 Å². The molecule has 0 saturated heterocycles. The Kier molecular flexibility index (Phi) is 2.50. The van der Waals surface area contributed by atoms with Gasteiger partial charge in [0.1, 0.15) is 5.15 Å². The normalized spacial score (nSPS) is 9.50. The van der Waals surface area contributed by atoms with Gasteiger partial charge in [-0.25, -0.2) is 4.79 Å². The number of aromatic amines is 1. The Morgan fingerprint density at radius 3 is 2.92 bits per heavy atom. The fourth-order valence-electron chi connectivity index (χ4n) is 0.808. The smallest absolute Gasteiger partial charge is 0.340 e. The number of aldehydes is 1. The van der Waals surface area contributed by atoms with E-state index in [4.69, 9.17) is 11.6 Å². The highest BCUT2D eigenvalue weighted by Crippen LogP contribution is 2.14. The third kappa shape index (κ3) is 1.48. The van der Waals surface area contributed by atoms with E-state index in [1.54, 1.807) is 0 Å². The first-order chi connectivity index (χ1) is 5.69. The molecule has 0 atom stereocenters. The highest BCUT2D eigenvalue weighted by molar-refractivity contribution is 6.30. The summed E-state index contributed by atoms with van der Waals surface area (Å²) in [6.45, 7) is 0. The summed E-state index contributed by atoms with van der Waals surface area (Å²) >= 11 is 5.52. The van der Waals surface area contributed by atoms with Crippen molar-refractivity contribution in [2.24, 2.45) is 0 Å². The molecule has 64 valence electrons. The van der Waals surface area contributed by atoms with Crippen molar-refractivity contribution in [2.45, 2.75) is 0 Å². The van der Waals surface area contributed by atoms with E-state index in [1.165, 1.54) is 13.2 Å². The highest BCUT2D eigenvalue weighted by Gasteiger charge is 2.14. The van der Waals surface area contributed by atoms with Crippen LogP contribution in [0.4, 0.5) is 0 Å². The van der Waals surface area contributed by atoms with Crippen LogP contribution in [0.1, 0.15) is 20.8 Å². The summed E-state index contributed by atoms with van der Waals surface area (Å²) in [5, 5.41) is 0.234. The zero-order valence-corrected chi connectivity index (χ0v) is 7.01. The lowest BCUT2D eigenvalue weighted by atomic mass is 10.2. The quantitative estimate of drug-likeness (QED) is 0.560. The number of hydrogen-bond donors (Lipinski definition) is 1. The molecule has 1 N–H and O–H groups in total. The Balaban J connectivity index is 3.12. The van der Waals surface area contributed by atoms with E-state index in [2.05, 4.69) is 9.72 Å². The maximum atomic E-state index is 10.9. The second-order valence-corrected chi connectivity index (χ2v) is 2.46.